The van der Waals surface area contributed by atoms with Gasteiger partial charge < -0.3 is 10.4 Å². The van der Waals surface area contributed by atoms with Crippen molar-refractivity contribution in [3.63, 3.8) is 0 Å². The van der Waals surface area contributed by atoms with Gasteiger partial charge in [-0.2, -0.15) is 0 Å². The Bertz CT molecular complexity index is 342. The van der Waals surface area contributed by atoms with E-state index >= 15 is 0 Å². The molecule has 1 aliphatic heterocycles. The largest absolute Gasteiger partial charge is 0.506 e. The summed E-state index contributed by atoms with van der Waals surface area (Å²) in [5.74, 6) is 0.443. The molecule has 0 saturated carbocycles. The van der Waals surface area contributed by atoms with Crippen LogP contribution >= 0.6 is 57.6 Å². The maximum atomic E-state index is 9.81. The Morgan fingerprint density at radius 3 is 2.50 bits per heavy atom. The Kier molecular flexibility index (Phi) is 4.73. The lowest BCUT2D eigenvalue weighted by Crippen LogP contribution is -2.35. The molecule has 0 unspecified atom stereocenters. The molecule has 1 saturated heterocycles. The maximum absolute atomic E-state index is 9.81. The molecule has 0 aliphatic carbocycles. The van der Waals surface area contributed by atoms with Crippen molar-refractivity contribution >= 4 is 57.6 Å². The van der Waals surface area contributed by atoms with E-state index in [9.17, 15) is 5.11 Å². The van der Waals surface area contributed by atoms with Crippen LogP contribution in [0.1, 0.15) is 18.0 Å². The van der Waals surface area contributed by atoms with Crippen LogP contribution in [0.15, 0.2) is 12.1 Å². The molecule has 1 aromatic carbocycles. The van der Waals surface area contributed by atoms with E-state index in [0.29, 0.717) is 11.8 Å². The van der Waals surface area contributed by atoms with E-state index in [1.807, 2.05) is 6.07 Å². The van der Waals surface area contributed by atoms with Crippen LogP contribution in [0.25, 0.3) is 0 Å². The second-order valence-electron chi connectivity index (χ2n) is 3.12. The highest BCUT2D eigenvalue weighted by molar-refractivity contribution is 14.1. The van der Waals surface area contributed by atoms with Crippen molar-refractivity contribution in [2.75, 3.05) is 6.54 Å². The highest BCUT2D eigenvalue weighted by Crippen LogP contribution is 2.34. The Morgan fingerprint density at radius 1 is 1.36 bits per heavy atom. The summed E-state index contributed by atoms with van der Waals surface area (Å²) >= 11 is 4.44. The topological polar surface area (TPSA) is 32.3 Å². The number of aromatic hydroxyl groups is 1. The normalized spacial score (nSPS) is 19.7. The zero-order valence-corrected chi connectivity index (χ0v) is 12.4. The molecule has 1 atom stereocenters. The highest BCUT2D eigenvalue weighted by atomic mass is 127. The number of halogens is 3. The van der Waals surface area contributed by atoms with Crippen LogP contribution in [-0.2, 0) is 0 Å². The molecule has 1 aromatic rings. The molecule has 1 heterocycles. The van der Waals surface area contributed by atoms with Crippen molar-refractivity contribution in [3.05, 3.63) is 24.8 Å². The van der Waals surface area contributed by atoms with Crippen molar-refractivity contribution in [1.82, 2.24) is 5.32 Å². The fourth-order valence-corrected chi connectivity index (χ4v) is 3.30. The van der Waals surface area contributed by atoms with Gasteiger partial charge in [0.15, 0.2) is 0 Å². The quantitative estimate of drug-likeness (QED) is 0.662. The van der Waals surface area contributed by atoms with Gasteiger partial charge in [-0.05, 0) is 70.3 Å². The summed E-state index contributed by atoms with van der Waals surface area (Å²) in [4.78, 5) is 0. The summed E-state index contributed by atoms with van der Waals surface area (Å²) in [6.45, 7) is 1.06. The van der Waals surface area contributed by atoms with Gasteiger partial charge in [-0.1, -0.05) is 0 Å². The van der Waals surface area contributed by atoms with Gasteiger partial charge in [0.05, 0.1) is 3.57 Å². The van der Waals surface area contributed by atoms with Gasteiger partial charge in [0, 0.05) is 15.2 Å². The molecule has 1 fully saturated rings. The Morgan fingerprint density at radius 2 is 2.00 bits per heavy atom. The first-order chi connectivity index (χ1) is 6.18. The zero-order chi connectivity index (χ0) is 9.42. The van der Waals surface area contributed by atoms with Crippen LogP contribution < -0.4 is 5.32 Å². The predicted molar refractivity (Wildman–Crippen MR) is 76.1 cm³/mol. The fourth-order valence-electron chi connectivity index (χ4n) is 1.41. The first kappa shape index (κ1) is 12.8. The number of nitrogens with one attached hydrogen (secondary N) is 1. The average Bonchev–Trinajstić information content (AvgIpc) is 1.95. The average molecular weight is 437 g/mol. The molecule has 0 radical (unpaired) electrons. The summed E-state index contributed by atoms with van der Waals surface area (Å²) in [7, 11) is 0. The number of phenols is 1. The third-order valence-electron chi connectivity index (χ3n) is 2.26. The van der Waals surface area contributed by atoms with Crippen molar-refractivity contribution in [3.8, 4) is 5.75 Å². The second-order valence-corrected chi connectivity index (χ2v) is 5.53. The molecule has 1 aliphatic rings. The smallest absolute Gasteiger partial charge is 0.133 e. The monoisotopic (exact) mass is 437 g/mol. The highest BCUT2D eigenvalue weighted by Gasteiger charge is 2.22. The van der Waals surface area contributed by atoms with Crippen molar-refractivity contribution in [2.45, 2.75) is 12.5 Å². The van der Waals surface area contributed by atoms with E-state index in [4.69, 9.17) is 0 Å². The standard InChI is InChI=1S/C9H9I2NO.ClH/c10-5-3-6(8-1-2-12-8)9(13)7(11)4-5;/h3-4,8,12-13H,1-2H2;1H/t8-;/m1./s1. The minimum Gasteiger partial charge on any atom is -0.506 e. The molecule has 0 aromatic heterocycles. The van der Waals surface area contributed by atoms with Crippen molar-refractivity contribution in [2.24, 2.45) is 0 Å². The maximum Gasteiger partial charge on any atom is 0.133 e. The van der Waals surface area contributed by atoms with Gasteiger partial charge in [-0.25, -0.2) is 0 Å². The third kappa shape index (κ3) is 2.45. The van der Waals surface area contributed by atoms with Crippen LogP contribution in [-0.4, -0.2) is 11.7 Å². The lowest BCUT2D eigenvalue weighted by Gasteiger charge is -2.29. The second kappa shape index (κ2) is 5.18. The van der Waals surface area contributed by atoms with Crippen LogP contribution in [0.3, 0.4) is 0 Å². The molecule has 0 amide bonds. The first-order valence-electron chi connectivity index (χ1n) is 4.10. The Hall–Kier alpha value is 0.730. The molecular weight excluding hydrogens is 427 g/mol. The van der Waals surface area contributed by atoms with E-state index in [-0.39, 0.29) is 12.4 Å². The van der Waals surface area contributed by atoms with E-state index in [0.717, 1.165) is 22.1 Å². The molecule has 0 bridgehead atoms. The van der Waals surface area contributed by atoms with Crippen LogP contribution in [0.2, 0.25) is 0 Å². The molecule has 0 spiro atoms. The number of benzene rings is 1. The van der Waals surface area contributed by atoms with Crippen LogP contribution in [0.4, 0.5) is 0 Å². The lowest BCUT2D eigenvalue weighted by molar-refractivity contribution is 0.363. The van der Waals surface area contributed by atoms with Crippen molar-refractivity contribution < 1.29 is 5.11 Å². The van der Waals surface area contributed by atoms with Gasteiger partial charge in [0.25, 0.3) is 0 Å². The predicted octanol–water partition coefficient (Wildman–Crippen LogP) is 3.06. The van der Waals surface area contributed by atoms with Crippen molar-refractivity contribution in [1.29, 1.82) is 0 Å². The number of hydrogen-bond donors (Lipinski definition) is 2. The van der Waals surface area contributed by atoms with Gasteiger partial charge in [-0.3, -0.25) is 0 Å². The molecular formula is C9H10ClI2NO. The number of phenolic OH excluding ortho intramolecular Hbond substituents is 1. The summed E-state index contributed by atoms with van der Waals surface area (Å²) in [6.07, 6.45) is 1.13. The van der Waals surface area contributed by atoms with Crippen LogP contribution in [0.5, 0.6) is 5.75 Å². The molecule has 5 heteroatoms. The Balaban J connectivity index is 0.000000980. The summed E-state index contributed by atoms with van der Waals surface area (Å²) in [5.41, 5.74) is 1.04. The number of hydrogen-bond acceptors (Lipinski definition) is 2. The van der Waals surface area contributed by atoms with E-state index in [1.165, 1.54) is 3.57 Å². The van der Waals surface area contributed by atoms with Gasteiger partial charge >= 0.3 is 0 Å². The summed E-state index contributed by atoms with van der Waals surface area (Å²) in [6, 6.07) is 4.40. The molecule has 14 heavy (non-hydrogen) atoms. The van der Waals surface area contributed by atoms with Gasteiger partial charge in [0.1, 0.15) is 5.75 Å². The van der Waals surface area contributed by atoms with E-state index < -0.39 is 0 Å². The van der Waals surface area contributed by atoms with Gasteiger partial charge in [0.2, 0.25) is 0 Å². The minimum absolute atomic E-state index is 0. The van der Waals surface area contributed by atoms with Gasteiger partial charge in [-0.15, -0.1) is 12.4 Å². The zero-order valence-electron chi connectivity index (χ0n) is 7.26. The fraction of sp³-hybridized carbons (Fsp3) is 0.333. The third-order valence-corrected chi connectivity index (χ3v) is 3.70. The summed E-state index contributed by atoms with van der Waals surface area (Å²) < 4.78 is 2.12. The minimum atomic E-state index is 0. The molecule has 2 rings (SSSR count). The first-order valence-corrected chi connectivity index (χ1v) is 6.25. The molecule has 2 nitrogen and oxygen atoms in total. The van der Waals surface area contributed by atoms with E-state index in [2.05, 4.69) is 56.6 Å². The molecule has 2 N–H and O–H groups in total. The lowest BCUT2D eigenvalue weighted by atomic mass is 9.97. The summed E-state index contributed by atoms with van der Waals surface area (Å²) in [5, 5.41) is 13.1. The van der Waals surface area contributed by atoms with E-state index in [1.54, 1.807) is 0 Å². The number of rotatable bonds is 1. The van der Waals surface area contributed by atoms with Crippen LogP contribution in [0, 0.1) is 7.14 Å². The molecule has 78 valence electrons. The SMILES string of the molecule is Cl.Oc1c(I)cc(I)cc1[C@H]1CCN1. The Labute approximate surface area is 117 Å².